The first-order chi connectivity index (χ1) is 22.2. The second-order valence-electron chi connectivity index (χ2n) is 11.9. The lowest BCUT2D eigenvalue weighted by Gasteiger charge is -2.35. The highest BCUT2D eigenvalue weighted by Gasteiger charge is 2.42. The van der Waals surface area contributed by atoms with Gasteiger partial charge in [-0.1, -0.05) is 55.1 Å². The lowest BCUT2D eigenvalue weighted by atomic mass is 9.82. The molecule has 2 saturated heterocycles. The number of hydrogen-bond acceptors (Lipinski definition) is 6. The molecule has 0 N–H and O–H groups in total. The van der Waals surface area contributed by atoms with E-state index in [4.69, 9.17) is 9.47 Å². The van der Waals surface area contributed by atoms with Gasteiger partial charge in [0.1, 0.15) is 12.3 Å². The third-order valence-electron chi connectivity index (χ3n) is 8.71. The van der Waals surface area contributed by atoms with Gasteiger partial charge in [0.05, 0.1) is 24.9 Å². The third kappa shape index (κ3) is 7.09. The average molecular weight is 637 g/mol. The van der Waals surface area contributed by atoms with Crippen LogP contribution in [-0.2, 0) is 9.53 Å². The lowest BCUT2D eigenvalue weighted by molar-refractivity contribution is -0.128. The van der Waals surface area contributed by atoms with E-state index in [0.717, 1.165) is 32.1 Å². The van der Waals surface area contributed by atoms with Crippen LogP contribution in [0.25, 0.3) is 11.1 Å². The van der Waals surface area contributed by atoms with Crippen LogP contribution in [0.1, 0.15) is 49.7 Å². The van der Waals surface area contributed by atoms with Crippen LogP contribution in [0.4, 0.5) is 17.6 Å². The van der Waals surface area contributed by atoms with Crippen molar-refractivity contribution in [2.75, 3.05) is 19.7 Å². The number of piperidine rings is 1. The number of pyridine rings is 1. The van der Waals surface area contributed by atoms with Crippen molar-refractivity contribution in [2.45, 2.75) is 63.1 Å². The second-order valence-corrected chi connectivity index (χ2v) is 11.9. The Kier molecular flexibility index (Phi) is 9.39. The minimum atomic E-state index is -4.51. The summed E-state index contributed by atoms with van der Waals surface area (Å²) in [5.41, 5.74) is 1.63. The number of carbonyl (C=O) groups is 1. The molecule has 0 saturated carbocycles. The SMILES string of the molecule is C=CC(=O)N1CCC[C@@H](Oc2ccc(/C(C3=CC4C(F)=NN(C5CCCCO5)C4C=C3)=C(/CC(F)(F)F)c3ccccc3)cn2)C1. The summed E-state index contributed by atoms with van der Waals surface area (Å²) >= 11 is 0. The zero-order valence-corrected chi connectivity index (χ0v) is 25.3. The summed E-state index contributed by atoms with van der Waals surface area (Å²) in [7, 11) is 0. The van der Waals surface area contributed by atoms with E-state index in [9.17, 15) is 18.0 Å². The van der Waals surface area contributed by atoms with Gasteiger partial charge in [0.25, 0.3) is 0 Å². The number of allylic oxidation sites excluding steroid dienone is 4. The number of aromatic nitrogens is 1. The van der Waals surface area contributed by atoms with E-state index in [2.05, 4.69) is 16.7 Å². The Bertz CT molecular complexity index is 1550. The highest BCUT2D eigenvalue weighted by atomic mass is 19.4. The quantitative estimate of drug-likeness (QED) is 0.228. The summed E-state index contributed by atoms with van der Waals surface area (Å²) in [5, 5.41) is 5.82. The molecule has 3 unspecified atom stereocenters. The monoisotopic (exact) mass is 636 g/mol. The van der Waals surface area contributed by atoms with Crippen LogP contribution in [0.15, 0.2) is 90.2 Å². The maximum atomic E-state index is 15.4. The summed E-state index contributed by atoms with van der Waals surface area (Å²) < 4.78 is 69.8. The van der Waals surface area contributed by atoms with E-state index < -0.39 is 30.5 Å². The Morgan fingerprint density at radius 1 is 1.09 bits per heavy atom. The summed E-state index contributed by atoms with van der Waals surface area (Å²) in [6.07, 6.45) is 5.74. The fourth-order valence-electron chi connectivity index (χ4n) is 6.55. The third-order valence-corrected chi connectivity index (χ3v) is 8.71. The molecule has 4 aliphatic rings. The Balaban J connectivity index is 1.35. The molecule has 46 heavy (non-hydrogen) atoms. The maximum Gasteiger partial charge on any atom is 0.393 e. The van der Waals surface area contributed by atoms with Crippen molar-refractivity contribution in [3.8, 4) is 5.88 Å². The van der Waals surface area contributed by atoms with E-state index in [0.29, 0.717) is 47.8 Å². The minimum Gasteiger partial charge on any atom is -0.472 e. The molecule has 1 aromatic heterocycles. The smallest absolute Gasteiger partial charge is 0.393 e. The number of benzene rings is 1. The van der Waals surface area contributed by atoms with Gasteiger partial charge < -0.3 is 14.4 Å². The largest absolute Gasteiger partial charge is 0.472 e. The number of amides is 1. The lowest BCUT2D eigenvalue weighted by Crippen LogP contribution is -2.43. The fourth-order valence-corrected chi connectivity index (χ4v) is 6.55. The number of ether oxygens (including phenoxy) is 2. The molecule has 0 bridgehead atoms. The van der Waals surface area contributed by atoms with Gasteiger partial charge in [-0.2, -0.15) is 17.6 Å². The Labute approximate surface area is 265 Å². The van der Waals surface area contributed by atoms with Crippen molar-refractivity contribution in [3.63, 3.8) is 0 Å². The minimum absolute atomic E-state index is 0.0478. The first-order valence-electron chi connectivity index (χ1n) is 15.6. The van der Waals surface area contributed by atoms with Gasteiger partial charge in [-0.3, -0.25) is 9.80 Å². The fraction of sp³-hybridized carbons (Fsp3) is 0.400. The van der Waals surface area contributed by atoms with E-state index in [-0.39, 0.29) is 23.8 Å². The number of halogens is 4. The summed E-state index contributed by atoms with van der Waals surface area (Å²) in [5.74, 6) is -1.25. The Morgan fingerprint density at radius 2 is 1.91 bits per heavy atom. The molecule has 7 nitrogen and oxygen atoms in total. The highest BCUT2D eigenvalue weighted by molar-refractivity contribution is 6.00. The van der Waals surface area contributed by atoms with Crippen LogP contribution in [-0.4, -0.2) is 71.0 Å². The summed E-state index contributed by atoms with van der Waals surface area (Å²) in [6.45, 7) is 5.13. The first-order valence-corrected chi connectivity index (χ1v) is 15.6. The van der Waals surface area contributed by atoms with E-state index >= 15 is 4.39 Å². The van der Waals surface area contributed by atoms with Gasteiger partial charge in [-0.05, 0) is 66.5 Å². The van der Waals surface area contributed by atoms with Crippen LogP contribution >= 0.6 is 0 Å². The molecule has 11 heteroatoms. The van der Waals surface area contributed by atoms with Crippen LogP contribution in [0.3, 0.4) is 0 Å². The van der Waals surface area contributed by atoms with Crippen molar-refractivity contribution >= 4 is 23.0 Å². The van der Waals surface area contributed by atoms with Crippen molar-refractivity contribution in [3.05, 3.63) is 96.2 Å². The molecular formula is C35H36F4N4O3. The van der Waals surface area contributed by atoms with Crippen LogP contribution in [0.5, 0.6) is 5.88 Å². The molecule has 1 amide bonds. The van der Waals surface area contributed by atoms with Crippen LogP contribution in [0, 0.1) is 5.92 Å². The van der Waals surface area contributed by atoms with E-state index in [1.165, 1.54) is 12.3 Å². The molecule has 6 rings (SSSR count). The normalized spacial score (nSPS) is 25.3. The number of alkyl halides is 3. The van der Waals surface area contributed by atoms with Crippen molar-refractivity contribution in [2.24, 2.45) is 11.0 Å². The zero-order chi connectivity index (χ0) is 32.3. The number of fused-ring (bicyclic) bond motifs is 1. The maximum absolute atomic E-state index is 15.4. The van der Waals surface area contributed by atoms with E-state index in [1.807, 2.05) is 0 Å². The molecule has 1 aromatic carbocycles. The van der Waals surface area contributed by atoms with Crippen LogP contribution in [0.2, 0.25) is 0 Å². The van der Waals surface area contributed by atoms with Crippen molar-refractivity contribution in [1.82, 2.24) is 14.9 Å². The van der Waals surface area contributed by atoms with Gasteiger partial charge >= 0.3 is 6.18 Å². The van der Waals surface area contributed by atoms with Gasteiger partial charge in [-0.25, -0.2) is 4.98 Å². The number of carbonyl (C=O) groups excluding carboxylic acids is 1. The average Bonchev–Trinajstić information content (AvgIpc) is 3.40. The van der Waals surface area contributed by atoms with Gasteiger partial charge in [0.15, 0.2) is 0 Å². The molecule has 0 radical (unpaired) electrons. The molecule has 242 valence electrons. The molecular weight excluding hydrogens is 600 g/mol. The molecule has 2 fully saturated rings. The standard InChI is InChI=1S/C35H36F4N4O3/c1-2-31(44)42-17-8-11-26(22-42)46-30-16-14-25(21-40-30)33(28(20-35(37,38)39)23-9-4-3-5-10-23)24-13-15-29-27(19-24)34(36)41-43(29)32-12-6-7-18-45-32/h2-5,9-10,13-16,19,21,26-27,29,32H,1,6-8,11-12,17-18,20,22H2/b33-28-/t26-,27?,29?,32?/m1/s1. The number of likely N-dealkylation sites (tertiary alicyclic amines) is 1. The number of nitrogens with zero attached hydrogens (tertiary/aromatic N) is 4. The van der Waals surface area contributed by atoms with Crippen molar-refractivity contribution in [1.29, 1.82) is 0 Å². The summed E-state index contributed by atoms with van der Waals surface area (Å²) in [4.78, 5) is 18.2. The molecule has 0 spiro atoms. The summed E-state index contributed by atoms with van der Waals surface area (Å²) in [6, 6.07) is 11.3. The van der Waals surface area contributed by atoms with E-state index in [1.54, 1.807) is 70.6 Å². The zero-order valence-electron chi connectivity index (χ0n) is 25.3. The number of hydrazone groups is 1. The molecule has 4 heterocycles. The molecule has 3 aliphatic heterocycles. The topological polar surface area (TPSA) is 67.3 Å². The Morgan fingerprint density at radius 3 is 2.61 bits per heavy atom. The number of rotatable bonds is 8. The van der Waals surface area contributed by atoms with Crippen LogP contribution < -0.4 is 4.74 Å². The molecule has 2 aromatic rings. The Hall–Kier alpha value is -4.25. The van der Waals surface area contributed by atoms with Crippen molar-refractivity contribution < 1.29 is 31.8 Å². The van der Waals surface area contributed by atoms with Gasteiger partial charge in [0.2, 0.25) is 17.8 Å². The number of hydrogen-bond donors (Lipinski definition) is 0. The predicted molar refractivity (Wildman–Crippen MR) is 167 cm³/mol. The predicted octanol–water partition coefficient (Wildman–Crippen LogP) is 7.11. The highest BCUT2D eigenvalue weighted by Crippen LogP contribution is 2.43. The molecule has 4 atom stereocenters. The first kappa shape index (κ1) is 31.7. The molecule has 1 aliphatic carbocycles. The van der Waals surface area contributed by atoms with Gasteiger partial charge in [-0.15, -0.1) is 5.10 Å². The van der Waals surface area contributed by atoms with Gasteiger partial charge in [0, 0.05) is 31.0 Å². The second kappa shape index (κ2) is 13.6.